The van der Waals surface area contributed by atoms with E-state index < -0.39 is 0 Å². The Hall–Kier alpha value is -2.19. The van der Waals surface area contributed by atoms with Gasteiger partial charge in [-0.1, -0.05) is 0 Å². The zero-order valence-corrected chi connectivity index (χ0v) is 17.0. The molecule has 0 aliphatic carbocycles. The number of aromatic nitrogens is 2. The maximum absolute atomic E-state index is 12.7. The molecule has 2 amide bonds. The summed E-state index contributed by atoms with van der Waals surface area (Å²) in [6.45, 7) is 7.06. The van der Waals surface area contributed by atoms with Crippen LogP contribution in [0.1, 0.15) is 27.2 Å². The van der Waals surface area contributed by atoms with Gasteiger partial charge in [0, 0.05) is 48.7 Å². The Kier molecular flexibility index (Phi) is 6.28. The highest BCUT2D eigenvalue weighted by Gasteiger charge is 2.33. The normalized spacial score (nSPS) is 17.9. The molecule has 8 heteroatoms. The summed E-state index contributed by atoms with van der Waals surface area (Å²) in [6.07, 6.45) is 2.64. The van der Waals surface area contributed by atoms with Gasteiger partial charge >= 0.3 is 0 Å². The lowest BCUT2D eigenvalue weighted by atomic mass is 10.1. The highest BCUT2D eigenvalue weighted by Crippen LogP contribution is 2.15. The summed E-state index contributed by atoms with van der Waals surface area (Å²) in [5, 5.41) is 7.31. The molecule has 146 valence electrons. The van der Waals surface area contributed by atoms with Crippen LogP contribution < -0.4 is 5.32 Å². The highest BCUT2D eigenvalue weighted by molar-refractivity contribution is 7.11. The lowest BCUT2D eigenvalue weighted by Gasteiger charge is -2.38. The van der Waals surface area contributed by atoms with Gasteiger partial charge < -0.3 is 10.2 Å². The quantitative estimate of drug-likeness (QED) is 0.811. The van der Waals surface area contributed by atoms with Gasteiger partial charge in [0.25, 0.3) is 5.91 Å². The Morgan fingerprint density at radius 2 is 2.11 bits per heavy atom. The molecule has 3 rings (SSSR count). The number of likely N-dealkylation sites (N-methyl/N-ethyl adjacent to an activating group) is 1. The number of piperazine rings is 1. The Balaban J connectivity index is 1.55. The molecule has 1 unspecified atom stereocenters. The van der Waals surface area contributed by atoms with E-state index in [0.29, 0.717) is 31.9 Å². The first kappa shape index (κ1) is 19.6. The monoisotopic (exact) mass is 389 g/mol. The summed E-state index contributed by atoms with van der Waals surface area (Å²) in [6, 6.07) is 5.61. The summed E-state index contributed by atoms with van der Waals surface area (Å²) < 4.78 is 1.74. The van der Waals surface area contributed by atoms with E-state index >= 15 is 0 Å². The Bertz CT molecular complexity index is 800. The smallest absolute Gasteiger partial charge is 0.274 e. The van der Waals surface area contributed by atoms with Gasteiger partial charge in [0.2, 0.25) is 5.91 Å². The number of aryl methyl sites for hydroxylation is 2. The van der Waals surface area contributed by atoms with Crippen molar-refractivity contribution < 1.29 is 9.59 Å². The van der Waals surface area contributed by atoms with Crippen molar-refractivity contribution in [1.29, 1.82) is 0 Å². The zero-order valence-electron chi connectivity index (χ0n) is 16.1. The van der Waals surface area contributed by atoms with Crippen LogP contribution in [0.2, 0.25) is 0 Å². The summed E-state index contributed by atoms with van der Waals surface area (Å²) in [7, 11) is 1.93. The SMILES string of the molecule is CCn1ccc(C(=O)N2CCN(C)C(C(=O)NCCc3ccc(C)s3)C2)n1. The molecule has 1 fully saturated rings. The van der Waals surface area contributed by atoms with Gasteiger partial charge in [-0.2, -0.15) is 5.10 Å². The molecule has 1 atom stereocenters. The first-order valence-corrected chi connectivity index (χ1v) is 10.2. The van der Waals surface area contributed by atoms with Crippen LogP contribution in [-0.4, -0.2) is 70.7 Å². The standard InChI is InChI=1S/C19H27N5O2S/c1-4-24-10-8-16(21-24)19(26)23-12-11-22(3)17(13-23)18(25)20-9-7-15-6-5-14(2)27-15/h5-6,8,10,17H,4,7,9,11-13H2,1-3H3,(H,20,25). The Morgan fingerprint density at radius 3 is 2.78 bits per heavy atom. The number of nitrogens with zero attached hydrogens (tertiary/aromatic N) is 4. The maximum atomic E-state index is 12.7. The maximum Gasteiger partial charge on any atom is 0.274 e. The van der Waals surface area contributed by atoms with E-state index in [1.807, 2.05) is 18.9 Å². The zero-order chi connectivity index (χ0) is 19.4. The van der Waals surface area contributed by atoms with Crippen LogP contribution in [0.15, 0.2) is 24.4 Å². The molecule has 27 heavy (non-hydrogen) atoms. The highest BCUT2D eigenvalue weighted by atomic mass is 32.1. The van der Waals surface area contributed by atoms with Crippen molar-refractivity contribution in [2.24, 2.45) is 0 Å². The lowest BCUT2D eigenvalue weighted by molar-refractivity contribution is -0.127. The van der Waals surface area contributed by atoms with Crippen LogP contribution in [0.4, 0.5) is 0 Å². The van der Waals surface area contributed by atoms with E-state index in [1.165, 1.54) is 9.75 Å². The number of nitrogens with one attached hydrogen (secondary N) is 1. The van der Waals surface area contributed by atoms with Gasteiger partial charge in [-0.25, -0.2) is 0 Å². The number of thiophene rings is 1. The second-order valence-corrected chi connectivity index (χ2v) is 8.23. The molecule has 1 aliphatic rings. The molecular weight excluding hydrogens is 362 g/mol. The molecule has 0 radical (unpaired) electrons. The topological polar surface area (TPSA) is 70.5 Å². The summed E-state index contributed by atoms with van der Waals surface area (Å²) in [4.78, 5) is 31.7. The molecule has 0 bridgehead atoms. The van der Waals surface area contributed by atoms with E-state index in [9.17, 15) is 9.59 Å². The molecule has 2 aromatic heterocycles. The molecule has 3 heterocycles. The van der Waals surface area contributed by atoms with Crippen molar-refractivity contribution in [1.82, 2.24) is 24.9 Å². The van der Waals surface area contributed by atoms with Crippen molar-refractivity contribution in [3.63, 3.8) is 0 Å². The average molecular weight is 390 g/mol. The molecule has 7 nitrogen and oxygen atoms in total. The second kappa shape index (κ2) is 8.67. The molecule has 0 saturated carbocycles. The van der Waals surface area contributed by atoms with E-state index in [2.05, 4.69) is 29.5 Å². The molecular formula is C19H27N5O2S. The molecule has 1 saturated heterocycles. The molecule has 2 aromatic rings. The second-order valence-electron chi connectivity index (χ2n) is 6.86. The molecule has 1 aliphatic heterocycles. The number of carbonyl (C=O) groups excluding carboxylic acids is 2. The lowest BCUT2D eigenvalue weighted by Crippen LogP contribution is -2.58. The van der Waals surface area contributed by atoms with Gasteiger partial charge in [0.1, 0.15) is 11.7 Å². The van der Waals surface area contributed by atoms with Gasteiger partial charge in [0.05, 0.1) is 0 Å². The number of hydrogen-bond acceptors (Lipinski definition) is 5. The van der Waals surface area contributed by atoms with Crippen LogP contribution in [0.25, 0.3) is 0 Å². The van der Waals surface area contributed by atoms with E-state index in [4.69, 9.17) is 0 Å². The van der Waals surface area contributed by atoms with Gasteiger partial charge in [-0.15, -0.1) is 11.3 Å². The Labute approximate surface area is 164 Å². The Morgan fingerprint density at radius 1 is 1.30 bits per heavy atom. The van der Waals surface area contributed by atoms with Crippen molar-refractivity contribution >= 4 is 23.2 Å². The van der Waals surface area contributed by atoms with Crippen LogP contribution in [0, 0.1) is 6.92 Å². The third-order valence-corrected chi connectivity index (χ3v) is 5.95. The van der Waals surface area contributed by atoms with Crippen LogP contribution in [0.5, 0.6) is 0 Å². The predicted octanol–water partition coefficient (Wildman–Crippen LogP) is 1.39. The number of carbonyl (C=O) groups is 2. The van der Waals surface area contributed by atoms with Crippen molar-refractivity contribution in [3.8, 4) is 0 Å². The molecule has 0 spiro atoms. The fourth-order valence-corrected chi connectivity index (χ4v) is 4.09. The number of hydrogen-bond donors (Lipinski definition) is 1. The molecule has 0 aromatic carbocycles. The third kappa shape index (κ3) is 4.75. The first-order chi connectivity index (χ1) is 13.0. The van der Waals surface area contributed by atoms with Crippen LogP contribution >= 0.6 is 11.3 Å². The minimum atomic E-state index is -0.332. The van der Waals surface area contributed by atoms with Gasteiger partial charge in [-0.3, -0.25) is 19.2 Å². The minimum absolute atomic E-state index is 0.0256. The average Bonchev–Trinajstić information content (AvgIpc) is 3.30. The third-order valence-electron chi connectivity index (χ3n) is 4.89. The fourth-order valence-electron chi connectivity index (χ4n) is 3.20. The van der Waals surface area contributed by atoms with Crippen molar-refractivity contribution in [2.45, 2.75) is 32.9 Å². The largest absolute Gasteiger partial charge is 0.354 e. The van der Waals surface area contributed by atoms with Gasteiger partial charge in [-0.05, 0) is 45.5 Å². The molecule has 1 N–H and O–H groups in total. The summed E-state index contributed by atoms with van der Waals surface area (Å²) in [5.41, 5.74) is 0.439. The van der Waals surface area contributed by atoms with E-state index in [1.54, 1.807) is 33.2 Å². The van der Waals surface area contributed by atoms with E-state index in [0.717, 1.165) is 13.0 Å². The summed E-state index contributed by atoms with van der Waals surface area (Å²) in [5.74, 6) is -0.135. The predicted molar refractivity (Wildman–Crippen MR) is 106 cm³/mol. The van der Waals surface area contributed by atoms with Crippen LogP contribution in [0.3, 0.4) is 0 Å². The minimum Gasteiger partial charge on any atom is -0.354 e. The fraction of sp³-hybridized carbons (Fsp3) is 0.526. The van der Waals surface area contributed by atoms with Crippen LogP contribution in [-0.2, 0) is 17.8 Å². The number of amides is 2. The number of rotatable bonds is 6. The first-order valence-electron chi connectivity index (χ1n) is 9.34. The van der Waals surface area contributed by atoms with Crippen molar-refractivity contribution in [3.05, 3.63) is 39.8 Å². The van der Waals surface area contributed by atoms with Crippen molar-refractivity contribution in [2.75, 3.05) is 33.2 Å². The summed E-state index contributed by atoms with van der Waals surface area (Å²) >= 11 is 1.76. The van der Waals surface area contributed by atoms with Gasteiger partial charge in [0.15, 0.2) is 0 Å². The van der Waals surface area contributed by atoms with E-state index in [-0.39, 0.29) is 17.9 Å².